The van der Waals surface area contributed by atoms with Crippen LogP contribution in [0.3, 0.4) is 0 Å². The van der Waals surface area contributed by atoms with E-state index in [-0.39, 0.29) is 0 Å². The predicted octanol–water partition coefficient (Wildman–Crippen LogP) is 4.64. The molecule has 0 aliphatic rings. The van der Waals surface area contributed by atoms with Gasteiger partial charge < -0.3 is 4.57 Å². The Morgan fingerprint density at radius 1 is 1.05 bits per heavy atom. The van der Waals surface area contributed by atoms with Gasteiger partial charge in [-0.25, -0.2) is 0 Å². The Morgan fingerprint density at radius 2 is 1.84 bits per heavy atom. The molecule has 1 heteroatoms. The number of rotatable bonds is 3. The van der Waals surface area contributed by atoms with Gasteiger partial charge in [0, 0.05) is 23.1 Å². The summed E-state index contributed by atoms with van der Waals surface area (Å²) in [6.45, 7) is 6.94. The van der Waals surface area contributed by atoms with Crippen molar-refractivity contribution in [1.29, 1.82) is 0 Å². The molecule has 0 saturated heterocycles. The highest BCUT2D eigenvalue weighted by Crippen LogP contribution is 2.23. The molecule has 1 nitrogen and oxygen atoms in total. The van der Waals surface area contributed by atoms with E-state index in [0.717, 1.165) is 6.54 Å². The average Bonchev–Trinajstić information content (AvgIpc) is 2.77. The van der Waals surface area contributed by atoms with Crippen molar-refractivity contribution in [3.8, 4) is 0 Å². The summed E-state index contributed by atoms with van der Waals surface area (Å²) >= 11 is 0. The molecule has 0 unspecified atom stereocenters. The van der Waals surface area contributed by atoms with E-state index < -0.39 is 0 Å². The Hall–Kier alpha value is -2.28. The molecule has 0 bridgehead atoms. The molecular weight excluding hydrogens is 230 g/mol. The third-order valence-corrected chi connectivity index (χ3v) is 3.48. The highest BCUT2D eigenvalue weighted by Gasteiger charge is 2.07. The van der Waals surface area contributed by atoms with Crippen molar-refractivity contribution in [1.82, 2.24) is 4.57 Å². The second kappa shape index (κ2) is 4.77. The quantitative estimate of drug-likeness (QED) is 0.635. The molecule has 0 saturated carbocycles. The Bertz CT molecular complexity index is 720. The van der Waals surface area contributed by atoms with Gasteiger partial charge in [0.15, 0.2) is 0 Å². The van der Waals surface area contributed by atoms with E-state index in [1.165, 1.54) is 27.7 Å². The first-order valence-electron chi connectivity index (χ1n) is 6.54. The van der Waals surface area contributed by atoms with Crippen LogP contribution in [0.25, 0.3) is 17.0 Å². The summed E-state index contributed by atoms with van der Waals surface area (Å²) in [6.07, 6.45) is 1.93. The van der Waals surface area contributed by atoms with Gasteiger partial charge >= 0.3 is 0 Å². The first-order chi connectivity index (χ1) is 9.28. The van der Waals surface area contributed by atoms with E-state index in [1.54, 1.807) is 0 Å². The van der Waals surface area contributed by atoms with Crippen molar-refractivity contribution < 1.29 is 0 Å². The lowest BCUT2D eigenvalue weighted by Gasteiger charge is -2.08. The van der Waals surface area contributed by atoms with Crippen LogP contribution < -0.4 is 0 Å². The largest absolute Gasteiger partial charge is 0.337 e. The van der Waals surface area contributed by atoms with Gasteiger partial charge in [0.1, 0.15) is 0 Å². The third-order valence-electron chi connectivity index (χ3n) is 3.48. The van der Waals surface area contributed by atoms with Crippen molar-refractivity contribution in [3.05, 3.63) is 78.0 Å². The summed E-state index contributed by atoms with van der Waals surface area (Å²) in [6, 6.07) is 19.3. The zero-order valence-electron chi connectivity index (χ0n) is 11.1. The molecule has 94 valence electrons. The summed E-state index contributed by atoms with van der Waals surface area (Å²) in [5.41, 5.74) is 5.04. The third kappa shape index (κ3) is 2.19. The standard InChI is InChI=1S/C18H17N/c1-3-17-12-16-11-14(2)9-10-18(16)19(17)13-15-7-5-4-6-8-15/h3-12H,1,13H2,2H3. The van der Waals surface area contributed by atoms with E-state index in [1.807, 2.05) is 6.08 Å². The maximum absolute atomic E-state index is 3.93. The summed E-state index contributed by atoms with van der Waals surface area (Å²) in [4.78, 5) is 0. The number of aromatic nitrogens is 1. The molecule has 1 heterocycles. The van der Waals surface area contributed by atoms with Gasteiger partial charge in [0.2, 0.25) is 0 Å². The smallest absolute Gasteiger partial charge is 0.0488 e. The molecule has 2 aromatic carbocycles. The van der Waals surface area contributed by atoms with Gasteiger partial charge in [-0.15, -0.1) is 0 Å². The molecule has 0 aliphatic heterocycles. The van der Waals surface area contributed by atoms with Crippen LogP contribution in [0.1, 0.15) is 16.8 Å². The van der Waals surface area contributed by atoms with E-state index in [2.05, 4.69) is 72.7 Å². The lowest BCUT2D eigenvalue weighted by atomic mass is 10.2. The van der Waals surface area contributed by atoms with Crippen molar-refractivity contribution in [3.63, 3.8) is 0 Å². The zero-order chi connectivity index (χ0) is 13.2. The van der Waals surface area contributed by atoms with Crippen LogP contribution in [0.2, 0.25) is 0 Å². The van der Waals surface area contributed by atoms with Crippen LogP contribution in [-0.4, -0.2) is 4.57 Å². The fourth-order valence-corrected chi connectivity index (χ4v) is 2.52. The van der Waals surface area contributed by atoms with Gasteiger partial charge in [0.05, 0.1) is 0 Å². The summed E-state index contributed by atoms with van der Waals surface area (Å²) in [5, 5.41) is 1.28. The zero-order valence-corrected chi connectivity index (χ0v) is 11.1. The van der Waals surface area contributed by atoms with E-state index in [4.69, 9.17) is 0 Å². The number of fused-ring (bicyclic) bond motifs is 1. The van der Waals surface area contributed by atoms with Gasteiger partial charge in [-0.2, -0.15) is 0 Å². The van der Waals surface area contributed by atoms with Crippen LogP contribution in [0.4, 0.5) is 0 Å². The summed E-state index contributed by atoms with van der Waals surface area (Å²) in [7, 11) is 0. The van der Waals surface area contributed by atoms with E-state index >= 15 is 0 Å². The average molecular weight is 247 g/mol. The number of nitrogens with zero attached hydrogens (tertiary/aromatic N) is 1. The van der Waals surface area contributed by atoms with Crippen LogP contribution in [-0.2, 0) is 6.54 Å². The molecule has 1 aromatic heterocycles. The SMILES string of the molecule is C=Cc1cc2cc(C)ccc2n1Cc1ccccc1. The topological polar surface area (TPSA) is 4.93 Å². The van der Waals surface area contributed by atoms with Crippen molar-refractivity contribution in [2.24, 2.45) is 0 Å². The lowest BCUT2D eigenvalue weighted by Crippen LogP contribution is -2.01. The molecule has 0 radical (unpaired) electrons. The van der Waals surface area contributed by atoms with Gasteiger partial charge in [-0.3, -0.25) is 0 Å². The molecule has 0 fully saturated rings. The van der Waals surface area contributed by atoms with Crippen LogP contribution in [0.15, 0.2) is 61.2 Å². The molecule has 0 N–H and O–H groups in total. The number of benzene rings is 2. The molecule has 3 aromatic rings. The van der Waals surface area contributed by atoms with Gasteiger partial charge in [-0.1, -0.05) is 48.5 Å². The fourth-order valence-electron chi connectivity index (χ4n) is 2.52. The second-order valence-corrected chi connectivity index (χ2v) is 4.91. The monoisotopic (exact) mass is 247 g/mol. The van der Waals surface area contributed by atoms with Crippen molar-refractivity contribution in [2.75, 3.05) is 0 Å². The second-order valence-electron chi connectivity index (χ2n) is 4.91. The van der Waals surface area contributed by atoms with Crippen molar-refractivity contribution >= 4 is 17.0 Å². The summed E-state index contributed by atoms with van der Waals surface area (Å²) in [5.74, 6) is 0. The fraction of sp³-hybridized carbons (Fsp3) is 0.111. The maximum Gasteiger partial charge on any atom is 0.0488 e. The summed E-state index contributed by atoms with van der Waals surface area (Å²) < 4.78 is 2.32. The minimum absolute atomic E-state index is 0.884. The lowest BCUT2D eigenvalue weighted by molar-refractivity contribution is 0.828. The van der Waals surface area contributed by atoms with Crippen LogP contribution in [0, 0.1) is 6.92 Å². The van der Waals surface area contributed by atoms with Crippen LogP contribution in [0.5, 0.6) is 0 Å². The Balaban J connectivity index is 2.13. The molecule has 0 spiro atoms. The van der Waals surface area contributed by atoms with E-state index in [9.17, 15) is 0 Å². The number of aryl methyl sites for hydroxylation is 1. The molecule has 0 aliphatic carbocycles. The Labute approximate surface area is 113 Å². The Morgan fingerprint density at radius 3 is 2.58 bits per heavy atom. The first kappa shape index (κ1) is 11.8. The molecule has 3 rings (SSSR count). The number of hydrogen-bond donors (Lipinski definition) is 0. The Kier molecular flexibility index (Phi) is 2.96. The highest BCUT2D eigenvalue weighted by atomic mass is 15.0. The van der Waals surface area contributed by atoms with Crippen molar-refractivity contribution in [2.45, 2.75) is 13.5 Å². The minimum atomic E-state index is 0.884. The molecule has 0 amide bonds. The predicted molar refractivity (Wildman–Crippen MR) is 82.3 cm³/mol. The molecule has 19 heavy (non-hydrogen) atoms. The van der Waals surface area contributed by atoms with Gasteiger partial charge in [-0.05, 0) is 36.8 Å². The van der Waals surface area contributed by atoms with Gasteiger partial charge in [0.25, 0.3) is 0 Å². The number of hydrogen-bond acceptors (Lipinski definition) is 0. The normalized spacial score (nSPS) is 10.8. The van der Waals surface area contributed by atoms with E-state index in [0.29, 0.717) is 0 Å². The van der Waals surface area contributed by atoms with Crippen LogP contribution >= 0.6 is 0 Å². The molecule has 0 atom stereocenters. The maximum atomic E-state index is 3.93. The minimum Gasteiger partial charge on any atom is -0.337 e. The molecular formula is C18H17N. The first-order valence-corrected chi connectivity index (χ1v) is 6.54. The highest BCUT2D eigenvalue weighted by molar-refractivity contribution is 5.84.